The molecule has 2 rings (SSSR count). The van der Waals surface area contributed by atoms with Crippen LogP contribution in [0.3, 0.4) is 0 Å². The van der Waals surface area contributed by atoms with E-state index >= 15 is 0 Å². The molecule has 0 spiro atoms. The van der Waals surface area contributed by atoms with Crippen molar-refractivity contribution in [3.05, 3.63) is 41.1 Å². The molecule has 1 heterocycles. The second-order valence-electron chi connectivity index (χ2n) is 6.06. The number of nitrogens with two attached hydrogens (primary N) is 1. The SMILES string of the molecule is CCC(C)(C)c1ccc(Oc2c(CN)c(C)nn2C)cc1. The minimum Gasteiger partial charge on any atom is -0.439 e. The Bertz CT molecular complexity index is 612. The number of rotatable bonds is 5. The van der Waals surface area contributed by atoms with Gasteiger partial charge in [-0.3, -0.25) is 0 Å². The third kappa shape index (κ3) is 3.10. The maximum Gasteiger partial charge on any atom is 0.222 e. The summed E-state index contributed by atoms with van der Waals surface area (Å²) in [6.07, 6.45) is 1.10. The Morgan fingerprint density at radius 1 is 1.24 bits per heavy atom. The van der Waals surface area contributed by atoms with E-state index in [2.05, 4.69) is 38.0 Å². The molecule has 0 saturated heterocycles. The number of aryl methyl sites for hydroxylation is 2. The van der Waals surface area contributed by atoms with Gasteiger partial charge in [0.2, 0.25) is 5.88 Å². The van der Waals surface area contributed by atoms with Gasteiger partial charge in [-0.2, -0.15) is 5.10 Å². The molecule has 0 aliphatic carbocycles. The third-order valence-electron chi connectivity index (χ3n) is 4.23. The van der Waals surface area contributed by atoms with Crippen molar-refractivity contribution in [2.24, 2.45) is 12.8 Å². The van der Waals surface area contributed by atoms with Gasteiger partial charge in [-0.05, 0) is 36.5 Å². The highest BCUT2D eigenvalue weighted by Gasteiger charge is 2.18. The molecule has 0 aliphatic rings. The Hall–Kier alpha value is -1.81. The molecule has 0 bridgehead atoms. The Balaban J connectivity index is 2.26. The maximum atomic E-state index is 5.97. The molecule has 4 heteroatoms. The van der Waals surface area contributed by atoms with E-state index in [0.717, 1.165) is 29.3 Å². The molecule has 0 unspecified atom stereocenters. The highest BCUT2D eigenvalue weighted by molar-refractivity contribution is 5.37. The van der Waals surface area contributed by atoms with Crippen LogP contribution in [0, 0.1) is 6.92 Å². The van der Waals surface area contributed by atoms with E-state index < -0.39 is 0 Å². The van der Waals surface area contributed by atoms with Crippen molar-refractivity contribution in [2.45, 2.75) is 46.1 Å². The first-order chi connectivity index (χ1) is 9.89. The lowest BCUT2D eigenvalue weighted by Crippen LogP contribution is -2.14. The Morgan fingerprint density at radius 3 is 2.38 bits per heavy atom. The van der Waals surface area contributed by atoms with Crippen LogP contribution < -0.4 is 10.5 Å². The van der Waals surface area contributed by atoms with Crippen LogP contribution in [-0.2, 0) is 19.0 Å². The second-order valence-corrected chi connectivity index (χ2v) is 6.06. The number of aromatic nitrogens is 2. The summed E-state index contributed by atoms with van der Waals surface area (Å²) in [5.41, 5.74) is 9.16. The second kappa shape index (κ2) is 5.90. The molecule has 1 aromatic carbocycles. The average Bonchev–Trinajstić information content (AvgIpc) is 2.73. The number of ether oxygens (including phenoxy) is 1. The van der Waals surface area contributed by atoms with E-state index in [1.165, 1.54) is 5.56 Å². The molecule has 0 amide bonds. The lowest BCUT2D eigenvalue weighted by atomic mass is 9.82. The number of nitrogens with zero attached hydrogens (tertiary/aromatic N) is 2. The fourth-order valence-electron chi connectivity index (χ4n) is 2.33. The monoisotopic (exact) mass is 287 g/mol. The maximum absolute atomic E-state index is 5.97. The highest BCUT2D eigenvalue weighted by atomic mass is 16.5. The van der Waals surface area contributed by atoms with Crippen LogP contribution in [0.4, 0.5) is 0 Å². The molecule has 0 atom stereocenters. The summed E-state index contributed by atoms with van der Waals surface area (Å²) < 4.78 is 7.71. The van der Waals surface area contributed by atoms with Gasteiger partial charge in [0, 0.05) is 13.6 Å². The Kier molecular flexibility index (Phi) is 4.37. The van der Waals surface area contributed by atoms with E-state index in [-0.39, 0.29) is 5.41 Å². The van der Waals surface area contributed by atoms with E-state index in [9.17, 15) is 0 Å². The summed E-state index contributed by atoms with van der Waals surface area (Å²) in [4.78, 5) is 0. The number of benzene rings is 1. The van der Waals surface area contributed by atoms with E-state index in [4.69, 9.17) is 10.5 Å². The topological polar surface area (TPSA) is 53.1 Å². The summed E-state index contributed by atoms with van der Waals surface area (Å²) in [5, 5.41) is 4.36. The summed E-state index contributed by atoms with van der Waals surface area (Å²) >= 11 is 0. The van der Waals surface area contributed by atoms with Crippen LogP contribution in [0.15, 0.2) is 24.3 Å². The standard InChI is InChI=1S/C17H25N3O/c1-6-17(3,4)13-7-9-14(10-8-13)21-16-15(11-18)12(2)19-20(16)5/h7-10H,6,11,18H2,1-5H3. The van der Waals surface area contributed by atoms with Crippen molar-refractivity contribution in [3.8, 4) is 11.6 Å². The van der Waals surface area contributed by atoms with Crippen molar-refractivity contribution in [2.75, 3.05) is 0 Å². The summed E-state index contributed by atoms with van der Waals surface area (Å²) in [6.45, 7) is 9.08. The molecule has 1 aromatic heterocycles. The molecule has 21 heavy (non-hydrogen) atoms. The zero-order valence-electron chi connectivity index (χ0n) is 13.6. The molecular weight excluding hydrogens is 262 g/mol. The zero-order valence-corrected chi connectivity index (χ0v) is 13.6. The lowest BCUT2D eigenvalue weighted by molar-refractivity contribution is 0.425. The molecule has 0 fully saturated rings. The van der Waals surface area contributed by atoms with Crippen LogP contribution >= 0.6 is 0 Å². The predicted octanol–water partition coefficient (Wildman–Crippen LogP) is 3.67. The summed E-state index contributed by atoms with van der Waals surface area (Å²) in [6, 6.07) is 8.28. The molecule has 4 nitrogen and oxygen atoms in total. The zero-order chi connectivity index (χ0) is 15.6. The molecular formula is C17H25N3O. The van der Waals surface area contributed by atoms with Crippen LogP contribution in [0.25, 0.3) is 0 Å². The minimum atomic E-state index is 0.185. The fourth-order valence-corrected chi connectivity index (χ4v) is 2.33. The molecule has 2 N–H and O–H groups in total. The highest BCUT2D eigenvalue weighted by Crippen LogP contribution is 2.31. The van der Waals surface area contributed by atoms with Gasteiger partial charge in [-0.1, -0.05) is 32.9 Å². The molecule has 0 radical (unpaired) electrons. The average molecular weight is 287 g/mol. The summed E-state index contributed by atoms with van der Waals surface area (Å²) in [5.74, 6) is 1.53. The van der Waals surface area contributed by atoms with Crippen molar-refractivity contribution in [1.82, 2.24) is 9.78 Å². The third-order valence-corrected chi connectivity index (χ3v) is 4.23. The first-order valence-electron chi connectivity index (χ1n) is 7.40. The largest absolute Gasteiger partial charge is 0.439 e. The number of hydrogen-bond donors (Lipinski definition) is 1. The normalized spacial score (nSPS) is 11.7. The lowest BCUT2D eigenvalue weighted by Gasteiger charge is -2.23. The molecule has 2 aromatic rings. The molecule has 114 valence electrons. The fraction of sp³-hybridized carbons (Fsp3) is 0.471. The first kappa shape index (κ1) is 15.6. The van der Waals surface area contributed by atoms with E-state index in [0.29, 0.717) is 6.54 Å². The van der Waals surface area contributed by atoms with Crippen LogP contribution in [-0.4, -0.2) is 9.78 Å². The van der Waals surface area contributed by atoms with Crippen molar-refractivity contribution >= 4 is 0 Å². The summed E-state index contributed by atoms with van der Waals surface area (Å²) in [7, 11) is 1.87. The van der Waals surface area contributed by atoms with Crippen LogP contribution in [0.1, 0.15) is 44.0 Å². The number of hydrogen-bond acceptors (Lipinski definition) is 3. The van der Waals surface area contributed by atoms with Gasteiger partial charge in [0.25, 0.3) is 0 Å². The molecule has 0 aliphatic heterocycles. The van der Waals surface area contributed by atoms with Gasteiger partial charge in [0.15, 0.2) is 0 Å². The quantitative estimate of drug-likeness (QED) is 0.913. The first-order valence-corrected chi connectivity index (χ1v) is 7.40. The van der Waals surface area contributed by atoms with Crippen molar-refractivity contribution in [1.29, 1.82) is 0 Å². The Labute approximate surface area is 126 Å². The van der Waals surface area contributed by atoms with Gasteiger partial charge in [0.05, 0.1) is 11.3 Å². The van der Waals surface area contributed by atoms with Gasteiger partial charge in [0.1, 0.15) is 5.75 Å². The Morgan fingerprint density at radius 2 is 1.86 bits per heavy atom. The van der Waals surface area contributed by atoms with Crippen molar-refractivity contribution in [3.63, 3.8) is 0 Å². The van der Waals surface area contributed by atoms with E-state index in [1.54, 1.807) is 4.68 Å². The van der Waals surface area contributed by atoms with Crippen LogP contribution in [0.5, 0.6) is 11.6 Å². The predicted molar refractivity (Wildman–Crippen MR) is 85.7 cm³/mol. The van der Waals surface area contributed by atoms with Gasteiger partial charge in [-0.25, -0.2) is 4.68 Å². The molecule has 0 saturated carbocycles. The van der Waals surface area contributed by atoms with Gasteiger partial charge < -0.3 is 10.5 Å². The van der Waals surface area contributed by atoms with E-state index in [1.807, 2.05) is 26.1 Å². The van der Waals surface area contributed by atoms with Crippen molar-refractivity contribution < 1.29 is 4.74 Å². The van der Waals surface area contributed by atoms with Crippen LogP contribution in [0.2, 0.25) is 0 Å². The van der Waals surface area contributed by atoms with Gasteiger partial charge in [-0.15, -0.1) is 0 Å². The minimum absolute atomic E-state index is 0.185. The van der Waals surface area contributed by atoms with Gasteiger partial charge >= 0.3 is 0 Å². The smallest absolute Gasteiger partial charge is 0.222 e.